The summed E-state index contributed by atoms with van der Waals surface area (Å²) in [6.45, 7) is 10.5. The van der Waals surface area contributed by atoms with Crippen molar-refractivity contribution in [2.24, 2.45) is 11.8 Å². The van der Waals surface area contributed by atoms with Crippen LogP contribution in [0, 0.1) is 11.8 Å². The van der Waals surface area contributed by atoms with Gasteiger partial charge in [-0.05, 0) is 50.7 Å². The first-order valence-electron chi connectivity index (χ1n) is 9.61. The van der Waals surface area contributed by atoms with Crippen molar-refractivity contribution in [3.8, 4) is 0 Å². The second-order valence-corrected chi connectivity index (χ2v) is 9.02. The maximum atomic E-state index is 12.7. The van der Waals surface area contributed by atoms with Crippen LogP contribution in [-0.2, 0) is 9.84 Å². The maximum absolute atomic E-state index is 12.7. The van der Waals surface area contributed by atoms with Gasteiger partial charge in [-0.2, -0.15) is 0 Å². The number of hydrogen-bond acceptors (Lipinski definition) is 2. The predicted molar refractivity (Wildman–Crippen MR) is 113 cm³/mol. The zero-order valence-electron chi connectivity index (χ0n) is 16.9. The molecule has 1 aromatic carbocycles. The van der Waals surface area contributed by atoms with E-state index >= 15 is 0 Å². The molecule has 0 N–H and O–H groups in total. The monoisotopic (exact) mass is 374 g/mol. The van der Waals surface area contributed by atoms with Crippen molar-refractivity contribution in [3.63, 3.8) is 0 Å². The van der Waals surface area contributed by atoms with Crippen LogP contribution in [0.5, 0.6) is 0 Å². The average molecular weight is 375 g/mol. The third kappa shape index (κ3) is 6.95. The van der Waals surface area contributed by atoms with Crippen LogP contribution in [0.4, 0.5) is 0 Å². The topological polar surface area (TPSA) is 34.1 Å². The van der Waals surface area contributed by atoms with Crippen LogP contribution in [0.25, 0.3) is 0 Å². The van der Waals surface area contributed by atoms with Gasteiger partial charge in [0, 0.05) is 11.3 Å². The molecule has 0 saturated heterocycles. The predicted octanol–water partition coefficient (Wildman–Crippen LogP) is 6.72. The number of sulfone groups is 1. The Morgan fingerprint density at radius 2 is 1.81 bits per heavy atom. The molecular weight excluding hydrogens is 340 g/mol. The molecule has 144 valence electrons. The Balaban J connectivity index is 2.70. The van der Waals surface area contributed by atoms with E-state index in [0.29, 0.717) is 28.1 Å². The summed E-state index contributed by atoms with van der Waals surface area (Å²) in [7, 11) is -3.40. The van der Waals surface area contributed by atoms with Crippen LogP contribution >= 0.6 is 0 Å². The molecule has 0 aliphatic carbocycles. The van der Waals surface area contributed by atoms with E-state index in [-0.39, 0.29) is 0 Å². The van der Waals surface area contributed by atoms with Gasteiger partial charge in [-0.1, -0.05) is 75.3 Å². The second-order valence-electron chi connectivity index (χ2n) is 7.02. The lowest BCUT2D eigenvalue weighted by Gasteiger charge is -2.12. The molecule has 0 amide bonds. The van der Waals surface area contributed by atoms with Gasteiger partial charge in [-0.25, -0.2) is 8.42 Å². The Morgan fingerprint density at radius 1 is 1.15 bits per heavy atom. The van der Waals surface area contributed by atoms with E-state index in [1.807, 2.05) is 6.07 Å². The molecule has 0 aliphatic heterocycles. The lowest BCUT2D eigenvalue weighted by atomic mass is 9.96. The van der Waals surface area contributed by atoms with Gasteiger partial charge >= 0.3 is 0 Å². The number of rotatable bonds is 10. The highest BCUT2D eigenvalue weighted by Crippen LogP contribution is 2.24. The Bertz CT molecular complexity index is 725. The Hall–Kier alpha value is -1.61. The van der Waals surface area contributed by atoms with Gasteiger partial charge in [0.2, 0.25) is 9.84 Å². The largest absolute Gasteiger partial charge is 0.219 e. The standard InChI is InChI=1S/C23H34O2S/c1-6-19(3)13-11-12-14-20(4)21(5)17-18-22(7-2)26(24,25)23-15-9-8-10-16-23/h7-11,13,15-17,19-20H,6,12,14,18H2,1-5H3/b13-11-,21-17+,22-7-. The molecule has 0 aliphatic rings. The zero-order chi connectivity index (χ0) is 19.6. The summed E-state index contributed by atoms with van der Waals surface area (Å²) in [5.41, 5.74) is 1.25. The molecular formula is C23H34O2S. The van der Waals surface area contributed by atoms with Gasteiger partial charge < -0.3 is 0 Å². The molecule has 26 heavy (non-hydrogen) atoms. The highest BCUT2D eigenvalue weighted by Gasteiger charge is 2.18. The van der Waals surface area contributed by atoms with E-state index in [4.69, 9.17) is 0 Å². The van der Waals surface area contributed by atoms with Crippen molar-refractivity contribution in [1.82, 2.24) is 0 Å². The van der Waals surface area contributed by atoms with Crippen LogP contribution in [0.3, 0.4) is 0 Å². The molecule has 0 bridgehead atoms. The van der Waals surface area contributed by atoms with E-state index in [2.05, 4.69) is 45.9 Å². The number of hydrogen-bond donors (Lipinski definition) is 0. The molecule has 2 unspecified atom stereocenters. The lowest BCUT2D eigenvalue weighted by molar-refractivity contribution is 0.600. The summed E-state index contributed by atoms with van der Waals surface area (Å²) in [4.78, 5) is 0.828. The van der Waals surface area contributed by atoms with Gasteiger partial charge in [0.05, 0.1) is 4.90 Å². The third-order valence-electron chi connectivity index (χ3n) is 5.00. The van der Waals surface area contributed by atoms with Crippen molar-refractivity contribution in [3.05, 3.63) is 65.1 Å². The zero-order valence-corrected chi connectivity index (χ0v) is 17.7. The Labute approximate surface area is 160 Å². The van der Waals surface area contributed by atoms with E-state index in [1.165, 1.54) is 12.0 Å². The van der Waals surface area contributed by atoms with Crippen LogP contribution in [0.15, 0.2) is 70.0 Å². The average Bonchev–Trinajstić information content (AvgIpc) is 2.65. The van der Waals surface area contributed by atoms with Crippen LogP contribution in [0.2, 0.25) is 0 Å². The fourth-order valence-corrected chi connectivity index (χ4v) is 4.07. The molecule has 0 spiro atoms. The number of allylic oxidation sites excluding steroid dienone is 6. The molecule has 0 aromatic heterocycles. The van der Waals surface area contributed by atoms with Gasteiger partial charge in [-0.3, -0.25) is 0 Å². The first-order valence-corrected chi connectivity index (χ1v) is 11.1. The SMILES string of the molecule is C/C=C(/C/C=C(\C)C(C)CC/C=C\C(C)CC)S(=O)(=O)c1ccccc1. The van der Waals surface area contributed by atoms with E-state index in [0.717, 1.165) is 12.8 Å². The van der Waals surface area contributed by atoms with Crippen molar-refractivity contribution in [2.45, 2.75) is 65.2 Å². The Kier molecular flexibility index (Phi) is 9.64. The lowest BCUT2D eigenvalue weighted by Crippen LogP contribution is -2.05. The molecule has 0 saturated carbocycles. The minimum absolute atomic E-state index is 0.363. The fourth-order valence-electron chi connectivity index (χ4n) is 2.64. The summed E-state index contributed by atoms with van der Waals surface area (Å²) >= 11 is 0. The minimum atomic E-state index is -3.40. The summed E-state index contributed by atoms with van der Waals surface area (Å²) in [6.07, 6.45) is 12.1. The quantitative estimate of drug-likeness (QED) is 0.426. The number of benzene rings is 1. The molecule has 1 aromatic rings. The van der Waals surface area contributed by atoms with Crippen molar-refractivity contribution in [2.75, 3.05) is 0 Å². The molecule has 0 heterocycles. The van der Waals surface area contributed by atoms with Gasteiger partial charge in [0.25, 0.3) is 0 Å². The van der Waals surface area contributed by atoms with Gasteiger partial charge in [-0.15, -0.1) is 0 Å². The van der Waals surface area contributed by atoms with Crippen LogP contribution < -0.4 is 0 Å². The molecule has 2 nitrogen and oxygen atoms in total. The van der Waals surface area contributed by atoms with Crippen molar-refractivity contribution < 1.29 is 8.42 Å². The van der Waals surface area contributed by atoms with Crippen molar-refractivity contribution >= 4 is 9.84 Å². The van der Waals surface area contributed by atoms with E-state index in [9.17, 15) is 8.42 Å². The van der Waals surface area contributed by atoms with E-state index < -0.39 is 9.84 Å². The summed E-state index contributed by atoms with van der Waals surface area (Å²) in [6, 6.07) is 8.66. The molecule has 0 radical (unpaired) electrons. The summed E-state index contributed by atoms with van der Waals surface area (Å²) in [5, 5.41) is 0. The van der Waals surface area contributed by atoms with Gasteiger partial charge in [0.1, 0.15) is 0 Å². The summed E-state index contributed by atoms with van der Waals surface area (Å²) in [5.74, 6) is 1.09. The van der Waals surface area contributed by atoms with Crippen LogP contribution in [0.1, 0.15) is 60.3 Å². The third-order valence-corrected chi connectivity index (χ3v) is 6.98. The van der Waals surface area contributed by atoms with Crippen LogP contribution in [-0.4, -0.2) is 8.42 Å². The highest BCUT2D eigenvalue weighted by atomic mass is 32.2. The van der Waals surface area contributed by atoms with E-state index in [1.54, 1.807) is 37.3 Å². The highest BCUT2D eigenvalue weighted by molar-refractivity contribution is 7.95. The van der Waals surface area contributed by atoms with Gasteiger partial charge in [0.15, 0.2) is 0 Å². The first-order chi connectivity index (χ1) is 12.3. The second kappa shape index (κ2) is 11.2. The molecule has 0 fully saturated rings. The molecule has 3 heteroatoms. The summed E-state index contributed by atoms with van der Waals surface area (Å²) < 4.78 is 25.5. The fraction of sp³-hybridized carbons (Fsp3) is 0.478. The molecule has 1 rings (SSSR count). The first kappa shape index (κ1) is 22.4. The minimum Gasteiger partial charge on any atom is -0.219 e. The smallest absolute Gasteiger partial charge is 0.202 e. The normalized spacial score (nSPS) is 16.0. The Morgan fingerprint density at radius 3 is 2.38 bits per heavy atom. The van der Waals surface area contributed by atoms with Crippen molar-refractivity contribution in [1.29, 1.82) is 0 Å². The maximum Gasteiger partial charge on any atom is 0.202 e. The molecule has 2 atom stereocenters.